The summed E-state index contributed by atoms with van der Waals surface area (Å²) >= 11 is 0. The van der Waals surface area contributed by atoms with Gasteiger partial charge in [0.2, 0.25) is 5.91 Å². The summed E-state index contributed by atoms with van der Waals surface area (Å²) in [5.74, 6) is -1.39. The number of carbonyl (C=O) groups excluding carboxylic acids is 1. The molecule has 0 saturated carbocycles. The number of nitrogens with zero attached hydrogens (tertiary/aromatic N) is 1. The van der Waals surface area contributed by atoms with Gasteiger partial charge in [-0.15, -0.1) is 0 Å². The number of hydrogen-bond donors (Lipinski definition) is 1. The Hall–Kier alpha value is -1.06. The predicted octanol–water partition coefficient (Wildman–Crippen LogP) is 1.74. The second-order valence-electron chi connectivity index (χ2n) is 4.28. The van der Waals surface area contributed by atoms with E-state index in [0.717, 1.165) is 6.42 Å². The number of carbonyl (C=O) groups is 2. The Balaban J connectivity index is 4.88. The second kappa shape index (κ2) is 5.14. The first-order valence-corrected chi connectivity index (χ1v) is 5.33. The van der Waals surface area contributed by atoms with Crippen LogP contribution in [0, 0.1) is 5.41 Å². The molecule has 15 heavy (non-hydrogen) atoms. The van der Waals surface area contributed by atoms with Crippen LogP contribution in [0.3, 0.4) is 0 Å². The normalized spacial score (nSPS) is 13.4. The minimum atomic E-state index is -1.33. The van der Waals surface area contributed by atoms with Gasteiger partial charge in [-0.3, -0.25) is 9.59 Å². The van der Waals surface area contributed by atoms with E-state index >= 15 is 0 Å². The van der Waals surface area contributed by atoms with Crippen LogP contribution in [-0.4, -0.2) is 34.5 Å². The Bertz CT molecular complexity index is 248. The zero-order valence-electron chi connectivity index (χ0n) is 10.2. The van der Waals surface area contributed by atoms with E-state index in [0.29, 0.717) is 6.54 Å². The smallest absolute Gasteiger partial charge is 0.318 e. The zero-order valence-corrected chi connectivity index (χ0v) is 10.2. The van der Waals surface area contributed by atoms with Crippen LogP contribution >= 0.6 is 0 Å². The van der Waals surface area contributed by atoms with Crippen LogP contribution in [0.1, 0.15) is 41.0 Å². The van der Waals surface area contributed by atoms with Gasteiger partial charge >= 0.3 is 5.97 Å². The van der Waals surface area contributed by atoms with Crippen molar-refractivity contribution in [1.82, 2.24) is 4.90 Å². The topological polar surface area (TPSA) is 57.6 Å². The molecule has 88 valence electrons. The molecule has 1 N–H and O–H groups in total. The lowest BCUT2D eigenvalue weighted by molar-refractivity contribution is -0.159. The molecule has 0 aliphatic heterocycles. The maximum Gasteiger partial charge on any atom is 0.318 e. The summed E-state index contributed by atoms with van der Waals surface area (Å²) < 4.78 is 0. The van der Waals surface area contributed by atoms with E-state index in [-0.39, 0.29) is 11.9 Å². The molecular formula is C11H21NO3. The first kappa shape index (κ1) is 13.9. The minimum absolute atomic E-state index is 0.0844. The lowest BCUT2D eigenvalue weighted by atomic mass is 9.91. The van der Waals surface area contributed by atoms with E-state index in [1.165, 1.54) is 13.8 Å². The van der Waals surface area contributed by atoms with Crippen molar-refractivity contribution in [3.63, 3.8) is 0 Å². The number of rotatable bonds is 5. The summed E-state index contributed by atoms with van der Waals surface area (Å²) in [7, 11) is 0. The number of carboxylic acids is 1. The monoisotopic (exact) mass is 215 g/mol. The largest absolute Gasteiger partial charge is 0.480 e. The van der Waals surface area contributed by atoms with Crippen molar-refractivity contribution in [2.24, 2.45) is 5.41 Å². The molecule has 0 bridgehead atoms. The summed E-state index contributed by atoms with van der Waals surface area (Å²) in [4.78, 5) is 24.5. The molecule has 0 heterocycles. The summed E-state index contributed by atoms with van der Waals surface area (Å²) in [5.41, 5.74) is -1.33. The van der Waals surface area contributed by atoms with E-state index in [1.807, 2.05) is 20.8 Å². The molecular weight excluding hydrogens is 194 g/mol. The summed E-state index contributed by atoms with van der Waals surface area (Å²) in [6.07, 6.45) is 0.829. The van der Waals surface area contributed by atoms with Crippen molar-refractivity contribution in [3.8, 4) is 0 Å². The van der Waals surface area contributed by atoms with Gasteiger partial charge in [-0.25, -0.2) is 0 Å². The van der Waals surface area contributed by atoms with Crippen LogP contribution in [-0.2, 0) is 9.59 Å². The van der Waals surface area contributed by atoms with E-state index in [4.69, 9.17) is 5.11 Å². The van der Waals surface area contributed by atoms with Gasteiger partial charge in [-0.05, 0) is 34.1 Å². The van der Waals surface area contributed by atoms with Gasteiger partial charge in [-0.1, -0.05) is 6.92 Å². The van der Waals surface area contributed by atoms with Crippen molar-refractivity contribution < 1.29 is 14.7 Å². The lowest BCUT2D eigenvalue weighted by Gasteiger charge is -2.32. The van der Waals surface area contributed by atoms with Crippen molar-refractivity contribution in [1.29, 1.82) is 0 Å². The minimum Gasteiger partial charge on any atom is -0.480 e. The molecule has 0 radical (unpaired) electrons. The van der Waals surface area contributed by atoms with Crippen LogP contribution in [0.15, 0.2) is 0 Å². The van der Waals surface area contributed by atoms with Crippen molar-refractivity contribution in [2.45, 2.75) is 47.1 Å². The third-order valence-corrected chi connectivity index (χ3v) is 2.79. The van der Waals surface area contributed by atoms with Crippen molar-refractivity contribution in [3.05, 3.63) is 0 Å². The summed E-state index contributed by atoms with van der Waals surface area (Å²) in [6, 6.07) is 0.0844. The Morgan fingerprint density at radius 2 is 1.80 bits per heavy atom. The highest BCUT2D eigenvalue weighted by molar-refractivity contribution is 6.01. The third-order valence-electron chi connectivity index (χ3n) is 2.79. The van der Waals surface area contributed by atoms with E-state index in [1.54, 1.807) is 4.90 Å². The van der Waals surface area contributed by atoms with Gasteiger partial charge in [0.05, 0.1) is 0 Å². The van der Waals surface area contributed by atoms with Crippen molar-refractivity contribution in [2.75, 3.05) is 6.54 Å². The highest BCUT2D eigenvalue weighted by Crippen LogP contribution is 2.21. The highest BCUT2D eigenvalue weighted by Gasteiger charge is 2.39. The van der Waals surface area contributed by atoms with E-state index in [9.17, 15) is 9.59 Å². The van der Waals surface area contributed by atoms with Crippen LogP contribution in [0.4, 0.5) is 0 Å². The van der Waals surface area contributed by atoms with E-state index < -0.39 is 11.4 Å². The molecule has 1 amide bonds. The molecule has 0 aliphatic carbocycles. The van der Waals surface area contributed by atoms with Gasteiger partial charge in [0.25, 0.3) is 0 Å². The van der Waals surface area contributed by atoms with Crippen LogP contribution < -0.4 is 0 Å². The molecule has 0 saturated heterocycles. The number of aliphatic carboxylic acids is 1. The maximum atomic E-state index is 12.0. The van der Waals surface area contributed by atoms with Gasteiger partial charge in [0, 0.05) is 12.6 Å². The van der Waals surface area contributed by atoms with Crippen LogP contribution in [0.5, 0.6) is 0 Å². The molecule has 0 aliphatic rings. The molecule has 0 aromatic rings. The predicted molar refractivity (Wildman–Crippen MR) is 58.6 cm³/mol. The van der Waals surface area contributed by atoms with Crippen molar-refractivity contribution >= 4 is 11.9 Å². The number of carboxylic acid groups (broad SMARTS) is 1. The molecule has 4 nitrogen and oxygen atoms in total. The summed E-state index contributed by atoms with van der Waals surface area (Å²) in [6.45, 7) is 9.21. The first-order valence-electron chi connectivity index (χ1n) is 5.33. The fraction of sp³-hybridized carbons (Fsp3) is 0.818. The van der Waals surface area contributed by atoms with Gasteiger partial charge < -0.3 is 10.0 Å². The standard InChI is InChI=1S/C11H21NO3/c1-6-8(3)12(7-2)9(13)11(4,5)10(14)15/h8H,6-7H2,1-5H3,(H,14,15). The SMILES string of the molecule is CCC(C)N(CC)C(=O)C(C)(C)C(=O)O. The van der Waals surface area contributed by atoms with Gasteiger partial charge in [0.15, 0.2) is 0 Å². The maximum absolute atomic E-state index is 12.0. The molecule has 0 spiro atoms. The number of hydrogen-bond acceptors (Lipinski definition) is 2. The van der Waals surface area contributed by atoms with Crippen LogP contribution in [0.2, 0.25) is 0 Å². The summed E-state index contributed by atoms with van der Waals surface area (Å²) in [5, 5.41) is 8.96. The van der Waals surface area contributed by atoms with Gasteiger partial charge in [-0.2, -0.15) is 0 Å². The molecule has 1 unspecified atom stereocenters. The molecule has 0 fully saturated rings. The fourth-order valence-corrected chi connectivity index (χ4v) is 1.33. The molecule has 0 aromatic carbocycles. The van der Waals surface area contributed by atoms with E-state index in [2.05, 4.69) is 0 Å². The molecule has 4 heteroatoms. The Morgan fingerprint density at radius 3 is 2.07 bits per heavy atom. The Kier molecular flexibility index (Phi) is 4.78. The third kappa shape index (κ3) is 2.94. The average Bonchev–Trinajstić information content (AvgIpc) is 2.17. The average molecular weight is 215 g/mol. The molecule has 0 aromatic heterocycles. The lowest BCUT2D eigenvalue weighted by Crippen LogP contribution is -2.48. The first-order chi connectivity index (χ1) is 6.78. The second-order valence-corrected chi connectivity index (χ2v) is 4.28. The molecule has 0 rings (SSSR count). The molecule has 1 atom stereocenters. The quantitative estimate of drug-likeness (QED) is 0.711. The fourth-order valence-electron chi connectivity index (χ4n) is 1.33. The number of amides is 1. The highest BCUT2D eigenvalue weighted by atomic mass is 16.4. The Morgan fingerprint density at radius 1 is 1.33 bits per heavy atom. The Labute approximate surface area is 91.3 Å². The van der Waals surface area contributed by atoms with Crippen LogP contribution in [0.25, 0.3) is 0 Å². The zero-order chi connectivity index (χ0) is 12.2. The van der Waals surface area contributed by atoms with Gasteiger partial charge in [0.1, 0.15) is 5.41 Å².